The van der Waals surface area contributed by atoms with Gasteiger partial charge in [-0.15, -0.1) is 0 Å². The van der Waals surface area contributed by atoms with E-state index in [1.165, 1.54) is 27.8 Å². The van der Waals surface area contributed by atoms with E-state index in [1.54, 1.807) is 0 Å². The highest BCUT2D eigenvalue weighted by Crippen LogP contribution is 2.34. The molecule has 23 heavy (non-hydrogen) atoms. The van der Waals surface area contributed by atoms with E-state index in [-0.39, 0.29) is 0 Å². The summed E-state index contributed by atoms with van der Waals surface area (Å²) in [5, 5.41) is 0. The minimum Gasteiger partial charge on any atom is -0.0949 e. The number of benzene rings is 3. The minimum absolute atomic E-state index is 0.862. The first-order chi connectivity index (χ1) is 11.1. The molecule has 1 heteroatoms. The number of aryl methyl sites for hydroxylation is 1. The molecule has 0 saturated carbocycles. The Morgan fingerprint density at radius 2 is 1.57 bits per heavy atom. The zero-order valence-corrected chi connectivity index (χ0v) is 14.8. The summed E-state index contributed by atoms with van der Waals surface area (Å²) in [6, 6.07) is 25.4. The van der Waals surface area contributed by atoms with Crippen molar-refractivity contribution in [2.45, 2.75) is 13.3 Å². The number of hydrogen-bond donors (Lipinski definition) is 0. The number of allylic oxidation sites excluding steroid dienone is 1. The first-order valence-electron chi connectivity index (χ1n) is 7.73. The van der Waals surface area contributed by atoms with Crippen LogP contribution in [0.5, 0.6) is 0 Å². The second-order valence-corrected chi connectivity index (χ2v) is 6.69. The molecule has 3 rings (SSSR count). The van der Waals surface area contributed by atoms with Crippen LogP contribution in [0.4, 0.5) is 0 Å². The van der Waals surface area contributed by atoms with Gasteiger partial charge in [0, 0.05) is 4.47 Å². The van der Waals surface area contributed by atoms with Crippen LogP contribution in [0.15, 0.2) is 83.8 Å². The molecule has 0 aromatic heterocycles. The van der Waals surface area contributed by atoms with E-state index < -0.39 is 0 Å². The molecule has 3 aromatic rings. The lowest BCUT2D eigenvalue weighted by Gasteiger charge is -2.15. The van der Waals surface area contributed by atoms with Crippen LogP contribution in [-0.2, 0) is 6.42 Å². The Kier molecular flexibility index (Phi) is 4.78. The molecule has 0 heterocycles. The van der Waals surface area contributed by atoms with Gasteiger partial charge in [-0.1, -0.05) is 83.2 Å². The van der Waals surface area contributed by atoms with Crippen molar-refractivity contribution in [1.29, 1.82) is 0 Å². The lowest BCUT2D eigenvalue weighted by molar-refractivity contribution is 1.28. The minimum atomic E-state index is 0.862. The van der Waals surface area contributed by atoms with Gasteiger partial charge in [-0.25, -0.2) is 0 Å². The van der Waals surface area contributed by atoms with E-state index in [0.29, 0.717) is 0 Å². The van der Waals surface area contributed by atoms with E-state index in [1.807, 2.05) is 6.07 Å². The van der Waals surface area contributed by atoms with E-state index in [9.17, 15) is 0 Å². The smallest absolute Gasteiger partial charge is 0.0181 e. The quantitative estimate of drug-likeness (QED) is 0.485. The van der Waals surface area contributed by atoms with Crippen molar-refractivity contribution in [3.63, 3.8) is 0 Å². The first kappa shape index (κ1) is 15.8. The molecule has 0 atom stereocenters. The average molecular weight is 363 g/mol. The summed E-state index contributed by atoms with van der Waals surface area (Å²) in [5.41, 5.74) is 7.42. The van der Waals surface area contributed by atoms with E-state index in [2.05, 4.69) is 96.2 Å². The first-order valence-corrected chi connectivity index (χ1v) is 8.52. The van der Waals surface area contributed by atoms with Crippen molar-refractivity contribution in [2.75, 3.05) is 0 Å². The molecule has 0 unspecified atom stereocenters. The Hall–Kier alpha value is -2.12. The zero-order chi connectivity index (χ0) is 16.2. The SMILES string of the molecule is C=C(Cc1ccccc1)c1ccc(Br)cc1-c1ccccc1C. The third-order valence-electron chi connectivity index (χ3n) is 4.06. The molecular formula is C22H19Br. The van der Waals surface area contributed by atoms with E-state index in [4.69, 9.17) is 0 Å². The lowest BCUT2D eigenvalue weighted by atomic mass is 9.90. The second kappa shape index (κ2) is 6.97. The van der Waals surface area contributed by atoms with Gasteiger partial charge in [0.05, 0.1) is 0 Å². The molecule has 0 amide bonds. The number of rotatable bonds is 4. The van der Waals surface area contributed by atoms with Gasteiger partial charge in [0.1, 0.15) is 0 Å². The summed E-state index contributed by atoms with van der Waals surface area (Å²) < 4.78 is 1.09. The Bertz CT molecular complexity index is 832. The maximum atomic E-state index is 4.35. The standard InChI is InChI=1S/C22H19Br/c1-16-8-6-7-11-20(16)22-15-19(23)12-13-21(22)17(2)14-18-9-4-3-5-10-18/h3-13,15H,2,14H2,1H3. The Labute approximate surface area is 146 Å². The van der Waals surface area contributed by atoms with Crippen LogP contribution >= 0.6 is 15.9 Å². The average Bonchev–Trinajstić information content (AvgIpc) is 2.56. The van der Waals surface area contributed by atoms with Crippen molar-refractivity contribution in [3.05, 3.63) is 101 Å². The predicted molar refractivity (Wildman–Crippen MR) is 103 cm³/mol. The molecule has 3 aromatic carbocycles. The molecule has 0 N–H and O–H groups in total. The third kappa shape index (κ3) is 3.62. The fourth-order valence-corrected chi connectivity index (χ4v) is 3.22. The van der Waals surface area contributed by atoms with Gasteiger partial charge in [-0.2, -0.15) is 0 Å². The monoisotopic (exact) mass is 362 g/mol. The fraction of sp³-hybridized carbons (Fsp3) is 0.0909. The molecule has 0 bridgehead atoms. The highest BCUT2D eigenvalue weighted by atomic mass is 79.9. The summed E-state index contributed by atoms with van der Waals surface area (Å²) >= 11 is 3.60. The fourth-order valence-electron chi connectivity index (χ4n) is 2.86. The van der Waals surface area contributed by atoms with Crippen LogP contribution < -0.4 is 0 Å². The maximum Gasteiger partial charge on any atom is 0.0181 e. The molecule has 0 radical (unpaired) electrons. The van der Waals surface area contributed by atoms with Gasteiger partial charge < -0.3 is 0 Å². The normalized spacial score (nSPS) is 10.5. The molecule has 0 aliphatic rings. The van der Waals surface area contributed by atoms with Crippen molar-refractivity contribution in [3.8, 4) is 11.1 Å². The Morgan fingerprint density at radius 3 is 2.30 bits per heavy atom. The number of halogens is 1. The summed E-state index contributed by atoms with van der Waals surface area (Å²) in [5.74, 6) is 0. The molecule has 0 nitrogen and oxygen atoms in total. The van der Waals surface area contributed by atoms with Crippen molar-refractivity contribution in [2.24, 2.45) is 0 Å². The Balaban J connectivity index is 2.03. The van der Waals surface area contributed by atoms with Gasteiger partial charge >= 0.3 is 0 Å². The highest BCUT2D eigenvalue weighted by molar-refractivity contribution is 9.10. The molecule has 0 aliphatic carbocycles. The van der Waals surface area contributed by atoms with Gasteiger partial charge in [-0.3, -0.25) is 0 Å². The van der Waals surface area contributed by atoms with Crippen LogP contribution in [0.2, 0.25) is 0 Å². The van der Waals surface area contributed by atoms with Crippen molar-refractivity contribution in [1.82, 2.24) is 0 Å². The third-order valence-corrected chi connectivity index (χ3v) is 4.55. The topological polar surface area (TPSA) is 0 Å². The largest absolute Gasteiger partial charge is 0.0949 e. The van der Waals surface area contributed by atoms with Gasteiger partial charge in [0.15, 0.2) is 0 Å². The zero-order valence-electron chi connectivity index (χ0n) is 13.2. The van der Waals surface area contributed by atoms with Crippen LogP contribution in [0, 0.1) is 6.92 Å². The van der Waals surface area contributed by atoms with E-state index in [0.717, 1.165) is 16.5 Å². The van der Waals surface area contributed by atoms with E-state index >= 15 is 0 Å². The molecule has 0 saturated heterocycles. The number of hydrogen-bond acceptors (Lipinski definition) is 0. The van der Waals surface area contributed by atoms with Crippen LogP contribution in [0.3, 0.4) is 0 Å². The Morgan fingerprint density at radius 1 is 0.870 bits per heavy atom. The summed E-state index contributed by atoms with van der Waals surface area (Å²) in [6.45, 7) is 6.50. The summed E-state index contributed by atoms with van der Waals surface area (Å²) in [6.07, 6.45) is 0.862. The van der Waals surface area contributed by atoms with Crippen LogP contribution in [0.25, 0.3) is 16.7 Å². The highest BCUT2D eigenvalue weighted by Gasteiger charge is 2.11. The van der Waals surface area contributed by atoms with Gasteiger partial charge in [-0.05, 0) is 58.9 Å². The second-order valence-electron chi connectivity index (χ2n) is 5.77. The van der Waals surface area contributed by atoms with Crippen molar-refractivity contribution >= 4 is 21.5 Å². The lowest BCUT2D eigenvalue weighted by Crippen LogP contribution is -1.94. The molecule has 0 aliphatic heterocycles. The summed E-state index contributed by atoms with van der Waals surface area (Å²) in [7, 11) is 0. The summed E-state index contributed by atoms with van der Waals surface area (Å²) in [4.78, 5) is 0. The molecule has 114 valence electrons. The van der Waals surface area contributed by atoms with Crippen molar-refractivity contribution < 1.29 is 0 Å². The molecule has 0 fully saturated rings. The maximum absolute atomic E-state index is 4.35. The van der Waals surface area contributed by atoms with Crippen LogP contribution in [0.1, 0.15) is 16.7 Å². The molecular weight excluding hydrogens is 344 g/mol. The molecule has 0 spiro atoms. The predicted octanol–water partition coefficient (Wildman–Crippen LogP) is 6.68. The van der Waals surface area contributed by atoms with Gasteiger partial charge in [0.25, 0.3) is 0 Å². The van der Waals surface area contributed by atoms with Crippen LogP contribution in [-0.4, -0.2) is 0 Å². The van der Waals surface area contributed by atoms with Gasteiger partial charge in [0.2, 0.25) is 0 Å².